The molecule has 0 radical (unpaired) electrons. The third kappa shape index (κ3) is 3.37. The predicted octanol–water partition coefficient (Wildman–Crippen LogP) is 1.98. The van der Waals surface area contributed by atoms with Crippen molar-refractivity contribution in [2.75, 3.05) is 13.1 Å². The van der Waals surface area contributed by atoms with E-state index in [-0.39, 0.29) is 6.09 Å². The molecule has 0 bridgehead atoms. The summed E-state index contributed by atoms with van der Waals surface area (Å²) in [5.74, 6) is 0.428. The number of hydrogen-bond donors (Lipinski definition) is 1. The number of likely N-dealkylation sites (tertiary alicyclic amines) is 1. The number of hydrogen-bond acceptors (Lipinski definition) is 3. The molecule has 1 heterocycles. The van der Waals surface area contributed by atoms with E-state index in [9.17, 15) is 4.79 Å². The number of nitrogens with two attached hydrogens (primary N) is 1. The van der Waals surface area contributed by atoms with Gasteiger partial charge in [0, 0.05) is 12.6 Å². The maximum Gasteiger partial charge on any atom is 0.410 e. The summed E-state index contributed by atoms with van der Waals surface area (Å²) in [5.41, 5.74) is 5.24. The molecule has 4 nitrogen and oxygen atoms in total. The Bertz CT molecular complexity index is 248. The first-order valence-electron chi connectivity index (χ1n) is 6.07. The van der Waals surface area contributed by atoms with Gasteiger partial charge < -0.3 is 15.4 Å². The third-order valence-electron chi connectivity index (χ3n) is 2.93. The highest BCUT2D eigenvalue weighted by Gasteiger charge is 2.35. The van der Waals surface area contributed by atoms with Crippen LogP contribution in [0, 0.1) is 5.92 Å². The standard InChI is InChI=1S/C12H24N2O2/c1-5-10-6-9(7-13)8-14(10)11(15)16-12(2,3)4/h9-10H,5-8,13H2,1-4H3. The van der Waals surface area contributed by atoms with E-state index in [1.165, 1.54) is 0 Å². The molecule has 4 heteroatoms. The van der Waals surface area contributed by atoms with Crippen molar-refractivity contribution in [2.24, 2.45) is 11.7 Å². The molecule has 2 N–H and O–H groups in total. The summed E-state index contributed by atoms with van der Waals surface area (Å²) < 4.78 is 5.39. The second-order valence-corrected chi connectivity index (χ2v) is 5.53. The Balaban J connectivity index is 2.61. The van der Waals surface area contributed by atoms with Crippen molar-refractivity contribution in [3.8, 4) is 0 Å². The minimum atomic E-state index is -0.420. The highest BCUT2D eigenvalue weighted by atomic mass is 16.6. The summed E-state index contributed by atoms with van der Waals surface area (Å²) >= 11 is 0. The fourth-order valence-electron chi connectivity index (χ4n) is 2.12. The zero-order valence-electron chi connectivity index (χ0n) is 10.8. The second kappa shape index (κ2) is 5.04. The first-order chi connectivity index (χ1) is 7.37. The van der Waals surface area contributed by atoms with Crippen LogP contribution < -0.4 is 5.73 Å². The molecule has 0 aromatic rings. The van der Waals surface area contributed by atoms with Crippen molar-refractivity contribution in [1.82, 2.24) is 4.90 Å². The van der Waals surface area contributed by atoms with Crippen LogP contribution in [0.2, 0.25) is 0 Å². The smallest absolute Gasteiger partial charge is 0.410 e. The molecule has 1 rings (SSSR count). The number of carbonyl (C=O) groups excluding carboxylic acids is 1. The Kier molecular flexibility index (Phi) is 4.19. The molecule has 1 fully saturated rings. The Labute approximate surface area is 98.1 Å². The van der Waals surface area contributed by atoms with Crippen LogP contribution in [-0.2, 0) is 4.74 Å². The molecule has 1 amide bonds. The summed E-state index contributed by atoms with van der Waals surface area (Å²) in [4.78, 5) is 13.8. The second-order valence-electron chi connectivity index (χ2n) is 5.53. The van der Waals surface area contributed by atoms with Gasteiger partial charge >= 0.3 is 6.09 Å². The van der Waals surface area contributed by atoms with E-state index in [1.54, 1.807) is 0 Å². The van der Waals surface area contributed by atoms with Gasteiger partial charge in [0.05, 0.1) is 0 Å². The van der Waals surface area contributed by atoms with E-state index < -0.39 is 5.60 Å². The van der Waals surface area contributed by atoms with Gasteiger partial charge in [0.2, 0.25) is 0 Å². The molecular formula is C12H24N2O2. The van der Waals surface area contributed by atoms with Gasteiger partial charge in [-0.1, -0.05) is 6.92 Å². The lowest BCUT2D eigenvalue weighted by Gasteiger charge is -2.28. The van der Waals surface area contributed by atoms with E-state index in [0.29, 0.717) is 18.5 Å². The lowest BCUT2D eigenvalue weighted by atomic mass is 10.1. The Morgan fingerprint density at radius 2 is 2.12 bits per heavy atom. The summed E-state index contributed by atoms with van der Waals surface area (Å²) in [6, 6.07) is 0.295. The SMILES string of the molecule is CCC1CC(CN)CN1C(=O)OC(C)(C)C. The molecule has 0 saturated carbocycles. The number of ether oxygens (including phenoxy) is 1. The van der Waals surface area contributed by atoms with Crippen molar-refractivity contribution in [3.05, 3.63) is 0 Å². The van der Waals surface area contributed by atoms with Gasteiger partial charge in [0.15, 0.2) is 0 Å². The minimum Gasteiger partial charge on any atom is -0.444 e. The van der Waals surface area contributed by atoms with Crippen LogP contribution in [0.25, 0.3) is 0 Å². The number of amides is 1. The van der Waals surface area contributed by atoms with Gasteiger partial charge in [0.25, 0.3) is 0 Å². The fraction of sp³-hybridized carbons (Fsp3) is 0.917. The summed E-state index contributed by atoms with van der Waals surface area (Å²) in [6.45, 7) is 9.16. The minimum absolute atomic E-state index is 0.199. The van der Waals surface area contributed by atoms with Crippen LogP contribution in [0.1, 0.15) is 40.5 Å². The number of rotatable bonds is 2. The normalized spacial score (nSPS) is 25.9. The summed E-state index contributed by atoms with van der Waals surface area (Å²) in [6.07, 6.45) is 1.78. The first kappa shape index (κ1) is 13.3. The van der Waals surface area contributed by atoms with Crippen LogP contribution >= 0.6 is 0 Å². The van der Waals surface area contributed by atoms with Gasteiger partial charge in [0.1, 0.15) is 5.60 Å². The molecule has 2 unspecified atom stereocenters. The van der Waals surface area contributed by atoms with E-state index >= 15 is 0 Å². The van der Waals surface area contributed by atoms with Crippen LogP contribution in [-0.4, -0.2) is 35.7 Å². The average molecular weight is 228 g/mol. The van der Waals surface area contributed by atoms with Crippen LogP contribution in [0.4, 0.5) is 4.79 Å². The molecule has 0 aromatic heterocycles. The molecule has 2 atom stereocenters. The summed E-state index contributed by atoms with van der Waals surface area (Å²) in [7, 11) is 0. The maximum absolute atomic E-state index is 12.0. The Morgan fingerprint density at radius 1 is 1.50 bits per heavy atom. The molecule has 1 aliphatic rings. The van der Waals surface area contributed by atoms with Gasteiger partial charge in [-0.3, -0.25) is 0 Å². The zero-order valence-corrected chi connectivity index (χ0v) is 10.8. The Morgan fingerprint density at radius 3 is 2.56 bits per heavy atom. The van der Waals surface area contributed by atoms with Gasteiger partial charge in [-0.15, -0.1) is 0 Å². The molecule has 16 heavy (non-hydrogen) atoms. The van der Waals surface area contributed by atoms with Crippen LogP contribution in [0.3, 0.4) is 0 Å². The van der Waals surface area contributed by atoms with Gasteiger partial charge in [-0.05, 0) is 46.1 Å². The fourth-order valence-corrected chi connectivity index (χ4v) is 2.12. The summed E-state index contributed by atoms with van der Waals surface area (Å²) in [5, 5.41) is 0. The van der Waals surface area contributed by atoms with Crippen LogP contribution in [0.15, 0.2) is 0 Å². The predicted molar refractivity (Wildman–Crippen MR) is 64.2 cm³/mol. The van der Waals surface area contributed by atoms with Crippen molar-refractivity contribution in [3.63, 3.8) is 0 Å². The van der Waals surface area contributed by atoms with E-state index in [4.69, 9.17) is 10.5 Å². The molecule has 0 aliphatic carbocycles. The van der Waals surface area contributed by atoms with Gasteiger partial charge in [-0.2, -0.15) is 0 Å². The zero-order chi connectivity index (χ0) is 12.3. The van der Waals surface area contributed by atoms with E-state index in [2.05, 4.69) is 6.92 Å². The van der Waals surface area contributed by atoms with Crippen LogP contribution in [0.5, 0.6) is 0 Å². The maximum atomic E-state index is 12.0. The van der Waals surface area contributed by atoms with Crippen molar-refractivity contribution >= 4 is 6.09 Å². The first-order valence-corrected chi connectivity index (χ1v) is 6.07. The van der Waals surface area contributed by atoms with Crippen molar-refractivity contribution < 1.29 is 9.53 Å². The topological polar surface area (TPSA) is 55.6 Å². The molecule has 1 saturated heterocycles. The number of carbonyl (C=O) groups is 1. The molecular weight excluding hydrogens is 204 g/mol. The largest absolute Gasteiger partial charge is 0.444 e. The van der Waals surface area contributed by atoms with Crippen molar-refractivity contribution in [1.29, 1.82) is 0 Å². The monoisotopic (exact) mass is 228 g/mol. The highest BCUT2D eigenvalue weighted by molar-refractivity contribution is 5.69. The average Bonchev–Trinajstić information content (AvgIpc) is 2.58. The third-order valence-corrected chi connectivity index (χ3v) is 2.93. The highest BCUT2D eigenvalue weighted by Crippen LogP contribution is 2.26. The number of nitrogens with zero attached hydrogens (tertiary/aromatic N) is 1. The molecule has 1 aliphatic heterocycles. The lowest BCUT2D eigenvalue weighted by Crippen LogP contribution is -2.39. The van der Waals surface area contributed by atoms with Crippen molar-refractivity contribution in [2.45, 2.75) is 52.2 Å². The molecule has 0 spiro atoms. The Hall–Kier alpha value is -0.770. The molecule has 94 valence electrons. The lowest BCUT2D eigenvalue weighted by molar-refractivity contribution is 0.0219. The van der Waals surface area contributed by atoms with E-state index in [0.717, 1.165) is 19.4 Å². The quantitative estimate of drug-likeness (QED) is 0.786. The molecule has 0 aromatic carbocycles. The van der Waals surface area contributed by atoms with Gasteiger partial charge in [-0.25, -0.2) is 4.79 Å². The van der Waals surface area contributed by atoms with E-state index in [1.807, 2.05) is 25.7 Å².